The molecule has 0 saturated carbocycles. The van der Waals surface area contributed by atoms with Gasteiger partial charge in [0.15, 0.2) is 0 Å². The molecule has 2 atom stereocenters. The van der Waals surface area contributed by atoms with Gasteiger partial charge in [0.1, 0.15) is 6.10 Å². The molecule has 3 aliphatic heterocycles. The largest absolute Gasteiger partial charge is 0.371 e. The lowest BCUT2D eigenvalue weighted by Crippen LogP contribution is -2.54. The first-order valence-corrected chi connectivity index (χ1v) is 11.8. The van der Waals surface area contributed by atoms with Crippen LogP contribution in [-0.2, 0) is 16.0 Å². The second-order valence-corrected chi connectivity index (χ2v) is 8.96. The lowest BCUT2D eigenvalue weighted by Gasteiger charge is -2.38. The van der Waals surface area contributed by atoms with E-state index >= 15 is 0 Å². The molecular formula is C26H31N3O3. The Labute approximate surface area is 189 Å². The Morgan fingerprint density at radius 2 is 1.66 bits per heavy atom. The van der Waals surface area contributed by atoms with E-state index in [1.807, 2.05) is 21.9 Å². The van der Waals surface area contributed by atoms with Crippen LogP contribution in [0.4, 0.5) is 5.69 Å². The van der Waals surface area contributed by atoms with Gasteiger partial charge < -0.3 is 19.4 Å². The number of carbonyl (C=O) groups excluding carboxylic acids is 2. The molecule has 2 amide bonds. The normalized spacial score (nSPS) is 22.8. The fourth-order valence-corrected chi connectivity index (χ4v) is 5.05. The average molecular weight is 434 g/mol. The number of nitrogens with zero attached hydrogens (tertiary/aromatic N) is 3. The van der Waals surface area contributed by atoms with Crippen LogP contribution in [0, 0.1) is 0 Å². The van der Waals surface area contributed by atoms with Crippen molar-refractivity contribution in [2.24, 2.45) is 0 Å². The standard InChI is InChI=1S/C26H31N3O3/c1-2-27-18-22(17-21-5-3-4-6-23(21)27)19-7-9-20(10-8-19)25(30)28-12-14-29(15-13-28)26(31)24-11-16-32-24/h3-10,22,24H,2,11-18H2,1H3. The number of hydrogen-bond acceptors (Lipinski definition) is 4. The van der Waals surface area contributed by atoms with E-state index in [9.17, 15) is 9.59 Å². The fraction of sp³-hybridized carbons (Fsp3) is 0.462. The molecule has 0 aromatic heterocycles. The molecule has 6 heteroatoms. The molecule has 5 rings (SSSR count). The van der Waals surface area contributed by atoms with Crippen LogP contribution in [0.5, 0.6) is 0 Å². The van der Waals surface area contributed by atoms with Gasteiger partial charge in [0.05, 0.1) is 6.61 Å². The van der Waals surface area contributed by atoms with Crippen LogP contribution in [0.15, 0.2) is 48.5 Å². The number of anilines is 1. The van der Waals surface area contributed by atoms with Gasteiger partial charge in [-0.25, -0.2) is 0 Å². The number of benzene rings is 2. The number of likely N-dealkylation sites (N-methyl/N-ethyl adjacent to an activating group) is 1. The highest BCUT2D eigenvalue weighted by Gasteiger charge is 2.33. The van der Waals surface area contributed by atoms with Crippen molar-refractivity contribution >= 4 is 17.5 Å². The van der Waals surface area contributed by atoms with Gasteiger partial charge in [-0.3, -0.25) is 9.59 Å². The van der Waals surface area contributed by atoms with Gasteiger partial charge in [-0.2, -0.15) is 0 Å². The molecule has 2 fully saturated rings. The van der Waals surface area contributed by atoms with E-state index in [4.69, 9.17) is 4.74 Å². The predicted octanol–water partition coefficient (Wildman–Crippen LogP) is 2.93. The quantitative estimate of drug-likeness (QED) is 0.744. The molecule has 2 unspecified atom stereocenters. The molecule has 32 heavy (non-hydrogen) atoms. The molecule has 0 radical (unpaired) electrons. The van der Waals surface area contributed by atoms with Gasteiger partial charge in [0.25, 0.3) is 11.8 Å². The molecule has 2 aromatic carbocycles. The minimum Gasteiger partial charge on any atom is -0.371 e. The van der Waals surface area contributed by atoms with Crippen molar-refractivity contribution < 1.29 is 14.3 Å². The third-order valence-electron chi connectivity index (χ3n) is 7.10. The third-order valence-corrected chi connectivity index (χ3v) is 7.10. The van der Waals surface area contributed by atoms with Crippen molar-refractivity contribution in [2.45, 2.75) is 31.8 Å². The van der Waals surface area contributed by atoms with E-state index in [-0.39, 0.29) is 17.9 Å². The number of ether oxygens (including phenoxy) is 1. The highest BCUT2D eigenvalue weighted by atomic mass is 16.5. The van der Waals surface area contributed by atoms with E-state index in [2.05, 4.69) is 48.2 Å². The summed E-state index contributed by atoms with van der Waals surface area (Å²) in [4.78, 5) is 31.5. The Bertz CT molecular complexity index is 978. The summed E-state index contributed by atoms with van der Waals surface area (Å²) in [5, 5.41) is 0. The number of rotatable bonds is 4. The minimum atomic E-state index is -0.264. The van der Waals surface area contributed by atoms with E-state index in [0.29, 0.717) is 38.7 Å². The first-order valence-electron chi connectivity index (χ1n) is 11.8. The van der Waals surface area contributed by atoms with Gasteiger partial charge in [-0.15, -0.1) is 0 Å². The molecule has 3 aliphatic rings. The van der Waals surface area contributed by atoms with Crippen LogP contribution < -0.4 is 4.90 Å². The Morgan fingerprint density at radius 3 is 2.31 bits per heavy atom. The van der Waals surface area contributed by atoms with Gasteiger partial charge in [0, 0.05) is 62.9 Å². The zero-order chi connectivity index (χ0) is 22.1. The van der Waals surface area contributed by atoms with Crippen molar-refractivity contribution in [2.75, 3.05) is 50.8 Å². The smallest absolute Gasteiger partial charge is 0.253 e. The summed E-state index contributed by atoms with van der Waals surface area (Å²) in [6.45, 7) is 7.18. The second-order valence-electron chi connectivity index (χ2n) is 8.96. The summed E-state index contributed by atoms with van der Waals surface area (Å²) in [5.74, 6) is 0.549. The number of piperazine rings is 1. The van der Waals surface area contributed by atoms with E-state index < -0.39 is 0 Å². The zero-order valence-corrected chi connectivity index (χ0v) is 18.7. The van der Waals surface area contributed by atoms with Crippen molar-refractivity contribution in [3.8, 4) is 0 Å². The van der Waals surface area contributed by atoms with Crippen LogP contribution in [0.2, 0.25) is 0 Å². The summed E-state index contributed by atoms with van der Waals surface area (Å²) in [7, 11) is 0. The van der Waals surface area contributed by atoms with Gasteiger partial charge in [0.2, 0.25) is 0 Å². The topological polar surface area (TPSA) is 53.1 Å². The van der Waals surface area contributed by atoms with Gasteiger partial charge >= 0.3 is 0 Å². The third kappa shape index (κ3) is 3.99. The Morgan fingerprint density at radius 1 is 0.969 bits per heavy atom. The highest BCUT2D eigenvalue weighted by molar-refractivity contribution is 5.94. The van der Waals surface area contributed by atoms with Crippen molar-refractivity contribution in [3.63, 3.8) is 0 Å². The summed E-state index contributed by atoms with van der Waals surface area (Å²) in [6.07, 6.45) is 1.58. The molecular weight excluding hydrogens is 402 g/mol. The minimum absolute atomic E-state index is 0.0488. The Balaban J connectivity index is 1.21. The summed E-state index contributed by atoms with van der Waals surface area (Å²) in [6, 6.07) is 16.8. The second kappa shape index (κ2) is 8.94. The van der Waals surface area contributed by atoms with Gasteiger partial charge in [-0.1, -0.05) is 30.3 Å². The van der Waals surface area contributed by atoms with Gasteiger partial charge in [-0.05, 0) is 42.7 Å². The maximum atomic E-state index is 13.0. The van der Waals surface area contributed by atoms with Crippen molar-refractivity contribution in [3.05, 3.63) is 65.2 Å². The zero-order valence-electron chi connectivity index (χ0n) is 18.7. The van der Waals surface area contributed by atoms with Crippen LogP contribution in [0.25, 0.3) is 0 Å². The van der Waals surface area contributed by atoms with Crippen molar-refractivity contribution in [1.82, 2.24) is 9.80 Å². The molecule has 6 nitrogen and oxygen atoms in total. The summed E-state index contributed by atoms with van der Waals surface area (Å²) < 4.78 is 5.31. The van der Waals surface area contributed by atoms with Crippen LogP contribution in [0.3, 0.4) is 0 Å². The lowest BCUT2D eigenvalue weighted by atomic mass is 9.87. The number of carbonyl (C=O) groups is 2. The molecule has 0 bridgehead atoms. The van der Waals surface area contributed by atoms with Crippen molar-refractivity contribution in [1.29, 1.82) is 0 Å². The molecule has 0 aliphatic carbocycles. The molecule has 3 heterocycles. The van der Waals surface area contributed by atoms with Crippen LogP contribution in [0.1, 0.15) is 40.7 Å². The molecule has 168 valence electrons. The number of hydrogen-bond donors (Lipinski definition) is 0. The Hall–Kier alpha value is -2.86. The number of para-hydroxylation sites is 1. The van der Waals surface area contributed by atoms with E-state index in [1.54, 1.807) is 0 Å². The predicted molar refractivity (Wildman–Crippen MR) is 124 cm³/mol. The first kappa shape index (κ1) is 21.0. The maximum Gasteiger partial charge on any atom is 0.253 e. The summed E-state index contributed by atoms with van der Waals surface area (Å²) in [5.41, 5.74) is 4.75. The molecule has 2 saturated heterocycles. The first-order chi connectivity index (χ1) is 15.6. The highest BCUT2D eigenvalue weighted by Crippen LogP contribution is 2.34. The monoisotopic (exact) mass is 433 g/mol. The Kier molecular flexibility index (Phi) is 5.87. The molecule has 0 spiro atoms. The maximum absolute atomic E-state index is 13.0. The SMILES string of the molecule is CCN1CC(c2ccc(C(=O)N3CCN(C(=O)C4CCO4)CC3)cc2)Cc2ccccc21. The number of amides is 2. The van der Waals surface area contributed by atoms with Crippen LogP contribution in [-0.4, -0.2) is 73.6 Å². The van der Waals surface area contributed by atoms with E-state index in [0.717, 1.165) is 31.5 Å². The average Bonchev–Trinajstić information content (AvgIpc) is 2.82. The summed E-state index contributed by atoms with van der Waals surface area (Å²) >= 11 is 0. The van der Waals surface area contributed by atoms with E-state index in [1.165, 1.54) is 16.8 Å². The molecule has 0 N–H and O–H groups in total. The fourth-order valence-electron chi connectivity index (χ4n) is 5.05. The lowest BCUT2D eigenvalue weighted by molar-refractivity contribution is -0.157. The molecule has 2 aromatic rings. The number of fused-ring (bicyclic) bond motifs is 1. The van der Waals surface area contributed by atoms with Crippen LogP contribution >= 0.6 is 0 Å².